The Hall–Kier alpha value is -0.750. The fourth-order valence-electron chi connectivity index (χ4n) is 2.17. The predicted octanol–water partition coefficient (Wildman–Crippen LogP) is 1.90. The molecule has 1 saturated heterocycles. The van der Waals surface area contributed by atoms with E-state index in [1.807, 2.05) is 13.8 Å². The van der Waals surface area contributed by atoms with E-state index in [-0.39, 0.29) is 30.0 Å². The van der Waals surface area contributed by atoms with Crippen LogP contribution < -0.4 is 0 Å². The molecule has 0 aromatic carbocycles. The third kappa shape index (κ3) is 4.66. The van der Waals surface area contributed by atoms with Crippen molar-refractivity contribution in [3.63, 3.8) is 0 Å². The van der Waals surface area contributed by atoms with Crippen molar-refractivity contribution in [2.24, 2.45) is 5.92 Å². The molecular weight excluding hydrogens is 278 g/mol. The van der Waals surface area contributed by atoms with E-state index in [1.165, 1.54) is 7.11 Å². The highest BCUT2D eigenvalue weighted by Crippen LogP contribution is 2.34. The number of amides is 1. The van der Waals surface area contributed by atoms with Crippen molar-refractivity contribution in [2.45, 2.75) is 51.6 Å². The minimum absolute atomic E-state index is 0.000609. The summed E-state index contributed by atoms with van der Waals surface area (Å²) in [4.78, 5) is 26.0. The minimum atomic E-state index is -0.492. The standard InChI is InChI=1S/C14H25NO4S/c1-9(2)6-13-15(12(16)7-18-5)11(8-20-13)14(17)19-10(3)4/h9-11,13H,6-8H2,1-5H3. The smallest absolute Gasteiger partial charge is 0.330 e. The maximum absolute atomic E-state index is 12.2. The summed E-state index contributed by atoms with van der Waals surface area (Å²) in [5, 5.41) is 0.0300. The molecule has 5 nitrogen and oxygen atoms in total. The van der Waals surface area contributed by atoms with Crippen LogP contribution in [-0.4, -0.2) is 53.8 Å². The molecule has 0 radical (unpaired) electrons. The van der Waals surface area contributed by atoms with E-state index >= 15 is 0 Å². The summed E-state index contributed by atoms with van der Waals surface area (Å²) in [7, 11) is 1.49. The zero-order chi connectivity index (χ0) is 15.3. The number of thioether (sulfide) groups is 1. The van der Waals surface area contributed by atoms with Crippen molar-refractivity contribution < 1.29 is 19.1 Å². The molecule has 0 aromatic heterocycles. The monoisotopic (exact) mass is 303 g/mol. The van der Waals surface area contributed by atoms with Gasteiger partial charge in [0.15, 0.2) is 0 Å². The van der Waals surface area contributed by atoms with Gasteiger partial charge in [0.1, 0.15) is 12.6 Å². The molecular formula is C14H25NO4S. The van der Waals surface area contributed by atoms with Crippen molar-refractivity contribution in [3.8, 4) is 0 Å². The number of nitrogens with zero attached hydrogens (tertiary/aromatic N) is 1. The Balaban J connectivity index is 2.82. The summed E-state index contributed by atoms with van der Waals surface area (Å²) in [5.74, 6) is 0.598. The fraction of sp³-hybridized carbons (Fsp3) is 0.857. The highest BCUT2D eigenvalue weighted by Gasteiger charge is 2.42. The van der Waals surface area contributed by atoms with Crippen LogP contribution in [0.2, 0.25) is 0 Å². The largest absolute Gasteiger partial charge is 0.461 e. The molecule has 1 heterocycles. The van der Waals surface area contributed by atoms with Crippen LogP contribution in [0.3, 0.4) is 0 Å². The van der Waals surface area contributed by atoms with Crippen LogP contribution in [0, 0.1) is 5.92 Å². The van der Waals surface area contributed by atoms with Gasteiger partial charge in [0, 0.05) is 12.9 Å². The van der Waals surface area contributed by atoms with Gasteiger partial charge in [-0.15, -0.1) is 11.8 Å². The van der Waals surface area contributed by atoms with Gasteiger partial charge in [-0.05, 0) is 26.2 Å². The number of rotatable bonds is 6. The van der Waals surface area contributed by atoms with Gasteiger partial charge in [0.25, 0.3) is 0 Å². The number of hydrogen-bond donors (Lipinski definition) is 0. The Kier molecular flexibility index (Phi) is 6.82. The molecule has 0 saturated carbocycles. The second-order valence-electron chi connectivity index (χ2n) is 5.65. The Morgan fingerprint density at radius 2 is 1.95 bits per heavy atom. The SMILES string of the molecule is COCC(=O)N1C(CC(C)C)SCC1C(=O)OC(C)C. The van der Waals surface area contributed by atoms with Gasteiger partial charge in [0.2, 0.25) is 5.91 Å². The summed E-state index contributed by atoms with van der Waals surface area (Å²) in [6, 6.07) is -0.492. The number of hydrogen-bond acceptors (Lipinski definition) is 5. The van der Waals surface area contributed by atoms with Crippen LogP contribution in [0.4, 0.5) is 0 Å². The highest BCUT2D eigenvalue weighted by molar-refractivity contribution is 8.00. The molecule has 6 heteroatoms. The average Bonchev–Trinajstić information content (AvgIpc) is 2.71. The first-order valence-corrected chi connectivity index (χ1v) is 8.03. The van der Waals surface area contributed by atoms with Crippen LogP contribution in [0.25, 0.3) is 0 Å². The van der Waals surface area contributed by atoms with Gasteiger partial charge < -0.3 is 14.4 Å². The summed E-state index contributed by atoms with van der Waals surface area (Å²) in [5.41, 5.74) is 0. The van der Waals surface area contributed by atoms with Crippen LogP contribution in [0.5, 0.6) is 0 Å². The second kappa shape index (κ2) is 7.88. The Labute approximate surface area is 125 Å². The van der Waals surface area contributed by atoms with Gasteiger partial charge >= 0.3 is 5.97 Å². The summed E-state index contributed by atoms with van der Waals surface area (Å²) in [6.45, 7) is 7.85. The first-order valence-electron chi connectivity index (χ1n) is 6.99. The van der Waals surface area contributed by atoms with Gasteiger partial charge in [-0.1, -0.05) is 13.8 Å². The summed E-state index contributed by atoms with van der Waals surface area (Å²) >= 11 is 1.65. The van der Waals surface area contributed by atoms with Crippen LogP contribution in [-0.2, 0) is 19.1 Å². The van der Waals surface area contributed by atoms with Crippen molar-refractivity contribution >= 4 is 23.6 Å². The van der Waals surface area contributed by atoms with Gasteiger partial charge in [-0.3, -0.25) is 4.79 Å². The lowest BCUT2D eigenvalue weighted by atomic mass is 10.1. The van der Waals surface area contributed by atoms with Gasteiger partial charge in [-0.25, -0.2) is 4.79 Å². The van der Waals surface area contributed by atoms with E-state index in [2.05, 4.69) is 13.8 Å². The normalized spacial score (nSPS) is 22.6. The zero-order valence-corrected chi connectivity index (χ0v) is 13.7. The molecule has 1 aliphatic heterocycles. The molecule has 0 aliphatic carbocycles. The highest BCUT2D eigenvalue weighted by atomic mass is 32.2. The fourth-order valence-corrected chi connectivity index (χ4v) is 3.82. The van der Waals surface area contributed by atoms with Gasteiger partial charge in [0.05, 0.1) is 11.5 Å². The molecule has 1 fully saturated rings. The predicted molar refractivity (Wildman–Crippen MR) is 79.4 cm³/mol. The summed E-state index contributed by atoms with van der Waals surface area (Å²) < 4.78 is 10.2. The van der Waals surface area contributed by atoms with Crippen molar-refractivity contribution in [2.75, 3.05) is 19.5 Å². The van der Waals surface area contributed by atoms with E-state index < -0.39 is 6.04 Å². The molecule has 1 aliphatic rings. The molecule has 20 heavy (non-hydrogen) atoms. The van der Waals surface area contributed by atoms with E-state index in [4.69, 9.17) is 9.47 Å². The maximum atomic E-state index is 12.2. The Bertz CT molecular complexity index is 346. The zero-order valence-electron chi connectivity index (χ0n) is 12.9. The van der Waals surface area contributed by atoms with Crippen molar-refractivity contribution in [1.29, 1.82) is 0 Å². The molecule has 1 rings (SSSR count). The lowest BCUT2D eigenvalue weighted by molar-refractivity contribution is -0.158. The number of methoxy groups -OCH3 is 1. The average molecular weight is 303 g/mol. The van der Waals surface area contributed by atoms with Gasteiger partial charge in [-0.2, -0.15) is 0 Å². The molecule has 0 aromatic rings. The van der Waals surface area contributed by atoms with E-state index in [0.717, 1.165) is 6.42 Å². The summed E-state index contributed by atoms with van der Waals surface area (Å²) in [6.07, 6.45) is 0.696. The van der Waals surface area contributed by atoms with E-state index in [9.17, 15) is 9.59 Å². The lowest BCUT2D eigenvalue weighted by Crippen LogP contribution is -2.48. The number of carbonyl (C=O) groups is 2. The molecule has 1 amide bonds. The topological polar surface area (TPSA) is 55.8 Å². The number of ether oxygens (including phenoxy) is 2. The molecule has 2 unspecified atom stereocenters. The van der Waals surface area contributed by atoms with E-state index in [0.29, 0.717) is 11.7 Å². The Morgan fingerprint density at radius 3 is 2.45 bits per heavy atom. The number of carbonyl (C=O) groups excluding carboxylic acids is 2. The first kappa shape index (κ1) is 17.3. The third-order valence-corrected chi connectivity index (χ3v) is 4.26. The second-order valence-corrected chi connectivity index (χ2v) is 6.86. The maximum Gasteiger partial charge on any atom is 0.330 e. The Morgan fingerprint density at radius 1 is 1.30 bits per heavy atom. The molecule has 2 atom stereocenters. The minimum Gasteiger partial charge on any atom is -0.461 e. The first-order chi connectivity index (χ1) is 9.36. The third-order valence-electron chi connectivity index (χ3n) is 2.95. The van der Waals surface area contributed by atoms with Crippen molar-refractivity contribution in [3.05, 3.63) is 0 Å². The van der Waals surface area contributed by atoms with Crippen LogP contribution in [0.15, 0.2) is 0 Å². The van der Waals surface area contributed by atoms with E-state index in [1.54, 1.807) is 16.7 Å². The van der Waals surface area contributed by atoms with Crippen LogP contribution in [0.1, 0.15) is 34.1 Å². The molecule has 0 bridgehead atoms. The number of esters is 1. The molecule has 0 spiro atoms. The van der Waals surface area contributed by atoms with Crippen LogP contribution >= 0.6 is 11.8 Å². The lowest BCUT2D eigenvalue weighted by Gasteiger charge is -2.29. The molecule has 0 N–H and O–H groups in total. The quantitative estimate of drug-likeness (QED) is 0.702. The van der Waals surface area contributed by atoms with Crippen molar-refractivity contribution in [1.82, 2.24) is 4.90 Å². The molecule has 116 valence electrons.